The second-order valence-corrected chi connectivity index (χ2v) is 9.96. The van der Waals surface area contributed by atoms with Crippen LogP contribution in [0.25, 0.3) is 6.08 Å². The summed E-state index contributed by atoms with van der Waals surface area (Å²) in [5.41, 5.74) is 2.64. The summed E-state index contributed by atoms with van der Waals surface area (Å²) in [4.78, 5) is 45.1. The van der Waals surface area contributed by atoms with Gasteiger partial charge in [-0.15, -0.1) is 0 Å². The number of anilines is 2. The second kappa shape index (κ2) is 8.21. The van der Waals surface area contributed by atoms with Gasteiger partial charge in [0.1, 0.15) is 19.3 Å². The molecule has 184 valence electrons. The molecular formula is C29H21ClN2O5. The summed E-state index contributed by atoms with van der Waals surface area (Å²) >= 11 is 6.07. The number of carbonyl (C=O) groups is 3. The van der Waals surface area contributed by atoms with Crippen LogP contribution in [0.3, 0.4) is 0 Å². The van der Waals surface area contributed by atoms with Crippen LogP contribution in [0.1, 0.15) is 15.9 Å². The molecule has 2 fully saturated rings. The third kappa shape index (κ3) is 3.23. The Morgan fingerprint density at radius 3 is 2.41 bits per heavy atom. The number of Topliss-reactive ketones (excluding diaryl/α,β-unsaturated/α-hetero) is 1. The van der Waals surface area contributed by atoms with Crippen molar-refractivity contribution < 1.29 is 23.9 Å². The van der Waals surface area contributed by atoms with E-state index in [0.717, 1.165) is 11.3 Å². The molecule has 0 saturated carbocycles. The summed E-state index contributed by atoms with van der Waals surface area (Å²) in [6.07, 6.45) is 3.90. The number of rotatable bonds is 3. The molecule has 3 aromatic carbocycles. The quantitative estimate of drug-likeness (QED) is 0.383. The number of fused-ring (bicyclic) bond motifs is 6. The van der Waals surface area contributed by atoms with Crippen molar-refractivity contribution in [2.45, 2.75) is 12.1 Å². The van der Waals surface area contributed by atoms with Crippen molar-refractivity contribution in [3.63, 3.8) is 0 Å². The van der Waals surface area contributed by atoms with Crippen molar-refractivity contribution in [1.82, 2.24) is 0 Å². The van der Waals surface area contributed by atoms with Gasteiger partial charge in [-0.25, -0.2) is 4.90 Å². The molecule has 3 aromatic rings. The van der Waals surface area contributed by atoms with Gasteiger partial charge in [0.05, 0.1) is 23.6 Å². The van der Waals surface area contributed by atoms with Gasteiger partial charge < -0.3 is 14.4 Å². The Morgan fingerprint density at radius 1 is 0.865 bits per heavy atom. The molecule has 4 aliphatic rings. The van der Waals surface area contributed by atoms with E-state index in [1.54, 1.807) is 42.5 Å². The first-order valence-corrected chi connectivity index (χ1v) is 12.5. The standard InChI is InChI=1S/C29H21ClN2O5/c30-18-8-5-17(6-9-18)27(33)26-25-24(21-11-7-16-3-1-2-4-20(16)32(21)26)28(34)31(29(25)35)19-10-12-22-23(15-19)37-14-13-36-22/h1-12,15,21,24-26H,13-14H2. The molecule has 2 amide bonds. The number of hydrogen-bond acceptors (Lipinski definition) is 6. The molecule has 7 rings (SSSR count). The Labute approximate surface area is 217 Å². The Bertz CT molecular complexity index is 1500. The monoisotopic (exact) mass is 512 g/mol. The number of hydrogen-bond donors (Lipinski definition) is 0. The van der Waals surface area contributed by atoms with Crippen LogP contribution >= 0.6 is 11.6 Å². The number of nitrogens with zero attached hydrogens (tertiary/aromatic N) is 2. The molecule has 0 bridgehead atoms. The molecule has 0 aliphatic carbocycles. The zero-order valence-corrected chi connectivity index (χ0v) is 20.3. The maximum absolute atomic E-state index is 14.0. The lowest BCUT2D eigenvalue weighted by Crippen LogP contribution is -2.48. The third-order valence-corrected chi connectivity index (χ3v) is 7.85. The fourth-order valence-corrected chi connectivity index (χ4v) is 6.15. The van der Waals surface area contributed by atoms with Crippen molar-refractivity contribution in [3.05, 3.63) is 89.0 Å². The van der Waals surface area contributed by atoms with Crippen LogP contribution in [0, 0.1) is 11.8 Å². The Morgan fingerprint density at radius 2 is 1.59 bits per heavy atom. The smallest absolute Gasteiger partial charge is 0.240 e. The van der Waals surface area contributed by atoms with E-state index in [1.165, 1.54) is 4.90 Å². The number of para-hydroxylation sites is 1. The molecule has 4 unspecified atom stereocenters. The normalized spacial score (nSPS) is 25.1. The van der Waals surface area contributed by atoms with Gasteiger partial charge >= 0.3 is 0 Å². The summed E-state index contributed by atoms with van der Waals surface area (Å²) < 4.78 is 11.3. The van der Waals surface area contributed by atoms with E-state index in [2.05, 4.69) is 0 Å². The van der Waals surface area contributed by atoms with Gasteiger partial charge in [-0.2, -0.15) is 0 Å². The third-order valence-electron chi connectivity index (χ3n) is 7.60. The number of carbonyl (C=O) groups excluding carboxylic acids is 3. The van der Waals surface area contributed by atoms with Crippen LogP contribution in [0.5, 0.6) is 11.5 Å². The van der Waals surface area contributed by atoms with Crippen molar-refractivity contribution >= 4 is 46.6 Å². The SMILES string of the molecule is O=C(c1ccc(Cl)cc1)C1C2C(=O)N(c3ccc4c(c3)OCCO4)C(=O)C2C2C=Cc3ccccc3N21. The van der Waals surface area contributed by atoms with Gasteiger partial charge in [-0.1, -0.05) is 42.0 Å². The summed E-state index contributed by atoms with van der Waals surface area (Å²) in [5, 5.41) is 0.516. The number of ketones is 1. The first kappa shape index (κ1) is 22.1. The van der Waals surface area contributed by atoms with Gasteiger partial charge in [0, 0.05) is 22.3 Å². The van der Waals surface area contributed by atoms with Crippen LogP contribution in [-0.2, 0) is 9.59 Å². The zero-order valence-electron chi connectivity index (χ0n) is 19.5. The highest BCUT2D eigenvalue weighted by Crippen LogP contribution is 2.50. The molecular weight excluding hydrogens is 492 g/mol. The molecule has 7 nitrogen and oxygen atoms in total. The van der Waals surface area contributed by atoms with E-state index in [-0.39, 0.29) is 17.6 Å². The van der Waals surface area contributed by atoms with Gasteiger partial charge in [-0.05, 0) is 48.0 Å². The molecule has 0 N–H and O–H groups in total. The number of amides is 2. The van der Waals surface area contributed by atoms with Crippen molar-refractivity contribution in [1.29, 1.82) is 0 Å². The molecule has 37 heavy (non-hydrogen) atoms. The maximum Gasteiger partial charge on any atom is 0.240 e. The van der Waals surface area contributed by atoms with Gasteiger partial charge in [0.15, 0.2) is 17.3 Å². The van der Waals surface area contributed by atoms with E-state index in [4.69, 9.17) is 21.1 Å². The van der Waals surface area contributed by atoms with Crippen LogP contribution < -0.4 is 19.3 Å². The van der Waals surface area contributed by atoms with E-state index in [0.29, 0.717) is 41.0 Å². The van der Waals surface area contributed by atoms with Crippen LogP contribution in [0.15, 0.2) is 72.8 Å². The first-order valence-electron chi connectivity index (χ1n) is 12.2. The molecule has 8 heteroatoms. The topological polar surface area (TPSA) is 76.1 Å². The number of halogens is 1. The fraction of sp³-hybridized carbons (Fsp3) is 0.207. The van der Waals surface area contributed by atoms with E-state index in [9.17, 15) is 14.4 Å². The minimum atomic E-state index is -0.846. The van der Waals surface area contributed by atoms with Crippen LogP contribution in [0.2, 0.25) is 5.02 Å². The fourth-order valence-electron chi connectivity index (χ4n) is 6.02. The van der Waals surface area contributed by atoms with E-state index in [1.807, 2.05) is 41.3 Å². The Kier molecular flexibility index (Phi) is 4.91. The summed E-state index contributed by atoms with van der Waals surface area (Å²) in [5.74, 6) is -1.41. The van der Waals surface area contributed by atoms with Gasteiger partial charge in [-0.3, -0.25) is 14.4 Å². The summed E-state index contributed by atoms with van der Waals surface area (Å²) in [7, 11) is 0. The van der Waals surface area contributed by atoms with Crippen LogP contribution in [-0.4, -0.2) is 42.9 Å². The average Bonchev–Trinajstić information content (AvgIpc) is 3.41. The number of ether oxygens (including phenoxy) is 2. The molecule has 0 radical (unpaired) electrons. The lowest BCUT2D eigenvalue weighted by atomic mass is 9.86. The van der Waals surface area contributed by atoms with E-state index >= 15 is 0 Å². The highest BCUT2D eigenvalue weighted by molar-refractivity contribution is 6.30. The van der Waals surface area contributed by atoms with Crippen molar-refractivity contribution in [2.24, 2.45) is 11.8 Å². The molecule has 4 heterocycles. The van der Waals surface area contributed by atoms with Gasteiger partial charge in [0.25, 0.3) is 0 Å². The van der Waals surface area contributed by atoms with Gasteiger partial charge in [0.2, 0.25) is 11.8 Å². The lowest BCUT2D eigenvalue weighted by Gasteiger charge is -2.36. The second-order valence-electron chi connectivity index (χ2n) is 9.52. The highest BCUT2D eigenvalue weighted by atomic mass is 35.5. The zero-order chi connectivity index (χ0) is 25.3. The van der Waals surface area contributed by atoms with E-state index < -0.39 is 23.9 Å². The maximum atomic E-state index is 14.0. The summed E-state index contributed by atoms with van der Waals surface area (Å²) in [6.45, 7) is 0.834. The van der Waals surface area contributed by atoms with Crippen molar-refractivity contribution in [2.75, 3.05) is 23.0 Å². The predicted octanol–water partition coefficient (Wildman–Crippen LogP) is 4.38. The lowest BCUT2D eigenvalue weighted by molar-refractivity contribution is -0.122. The van der Waals surface area contributed by atoms with Crippen molar-refractivity contribution in [3.8, 4) is 11.5 Å². The van der Waals surface area contributed by atoms with Crippen LogP contribution in [0.4, 0.5) is 11.4 Å². The summed E-state index contributed by atoms with van der Waals surface area (Å²) in [6, 6.07) is 18.1. The number of benzene rings is 3. The molecule has 4 atom stereocenters. The molecule has 0 spiro atoms. The minimum Gasteiger partial charge on any atom is -0.486 e. The number of imide groups is 1. The average molecular weight is 513 g/mol. The first-order chi connectivity index (χ1) is 18.0. The molecule has 4 aliphatic heterocycles. The Balaban J connectivity index is 1.34. The highest BCUT2D eigenvalue weighted by Gasteiger charge is 2.64. The molecule has 0 aromatic heterocycles. The largest absolute Gasteiger partial charge is 0.486 e. The predicted molar refractivity (Wildman–Crippen MR) is 138 cm³/mol. The Hall–Kier alpha value is -4.10. The minimum absolute atomic E-state index is 0.218. The molecule has 2 saturated heterocycles.